The van der Waals surface area contributed by atoms with Crippen LogP contribution in [0.4, 0.5) is 0 Å². The Labute approximate surface area is 282 Å². The molecule has 0 unspecified atom stereocenters. The Morgan fingerprint density at radius 2 is 1.19 bits per heavy atom. The molecule has 6 aromatic rings. The fourth-order valence-corrected chi connectivity index (χ4v) is 9.05. The lowest BCUT2D eigenvalue weighted by atomic mass is 9.84. The van der Waals surface area contributed by atoms with E-state index in [4.69, 9.17) is 0 Å². The van der Waals surface area contributed by atoms with E-state index in [1.54, 1.807) is 22.7 Å². The average molecular weight is 652 g/mol. The van der Waals surface area contributed by atoms with Crippen molar-refractivity contribution in [1.29, 1.82) is 0 Å². The summed E-state index contributed by atoms with van der Waals surface area (Å²) in [5.41, 5.74) is 9.81. The highest BCUT2D eigenvalue weighted by Crippen LogP contribution is 2.59. The molecule has 2 aliphatic rings. The minimum Gasteiger partial charge on any atom is -0.298 e. The quantitative estimate of drug-likeness (QED) is 0.0794. The molecule has 3 heterocycles. The molecule has 0 bridgehead atoms. The summed E-state index contributed by atoms with van der Waals surface area (Å²) < 4.78 is 0. The maximum absolute atomic E-state index is 14.5. The molecule has 0 fully saturated rings. The molecule has 2 amide bonds. The predicted octanol–water partition coefficient (Wildman–Crippen LogP) is 11.4. The van der Waals surface area contributed by atoms with Gasteiger partial charge in [0.05, 0.1) is 11.1 Å². The van der Waals surface area contributed by atoms with Gasteiger partial charge in [0.15, 0.2) is 0 Å². The molecular formula is C41H33NO3S2. The zero-order chi connectivity index (χ0) is 32.1. The van der Waals surface area contributed by atoms with Crippen LogP contribution in [0.2, 0.25) is 0 Å². The lowest BCUT2D eigenvalue weighted by Crippen LogP contribution is -2.30. The van der Waals surface area contributed by atoms with Crippen molar-refractivity contribution in [2.75, 3.05) is 6.54 Å². The summed E-state index contributed by atoms with van der Waals surface area (Å²) in [6.45, 7) is 2.65. The molecular weight excluding hydrogens is 619 g/mol. The summed E-state index contributed by atoms with van der Waals surface area (Å²) in [6, 6.07) is 26.6. The van der Waals surface area contributed by atoms with Crippen LogP contribution < -0.4 is 0 Å². The molecule has 0 spiro atoms. The highest BCUT2D eigenvalue weighted by molar-refractivity contribution is 7.14. The number of unbranched alkanes of at least 4 members (excludes halogenated alkanes) is 5. The van der Waals surface area contributed by atoms with Crippen molar-refractivity contribution in [2.45, 2.75) is 45.4 Å². The summed E-state index contributed by atoms with van der Waals surface area (Å²) in [5.74, 6) is -0.358. The predicted molar refractivity (Wildman–Crippen MR) is 195 cm³/mol. The Morgan fingerprint density at radius 1 is 0.596 bits per heavy atom. The first-order chi connectivity index (χ1) is 23.1. The number of benzene rings is 4. The van der Waals surface area contributed by atoms with Crippen LogP contribution in [0.25, 0.3) is 65.0 Å². The van der Waals surface area contributed by atoms with Gasteiger partial charge in [0.25, 0.3) is 11.8 Å². The number of thiophene rings is 2. The number of nitrogens with zero attached hydrogens (tertiary/aromatic N) is 1. The van der Waals surface area contributed by atoms with Gasteiger partial charge in [0.1, 0.15) is 6.29 Å². The number of fused-ring (bicyclic) bond motifs is 4. The Morgan fingerprint density at radius 3 is 1.79 bits per heavy atom. The van der Waals surface area contributed by atoms with Gasteiger partial charge in [0.2, 0.25) is 0 Å². The maximum Gasteiger partial charge on any atom is 0.262 e. The number of hydrogen-bond acceptors (Lipinski definition) is 5. The first kappa shape index (κ1) is 29.7. The van der Waals surface area contributed by atoms with Crippen LogP contribution in [-0.4, -0.2) is 29.5 Å². The van der Waals surface area contributed by atoms with Gasteiger partial charge in [-0.2, -0.15) is 0 Å². The molecule has 0 saturated heterocycles. The lowest BCUT2D eigenvalue weighted by molar-refractivity contribution is 0.0651. The highest BCUT2D eigenvalue weighted by atomic mass is 32.1. The van der Waals surface area contributed by atoms with Crippen LogP contribution in [0.15, 0.2) is 89.6 Å². The first-order valence-corrected chi connectivity index (χ1v) is 18.2. The fourth-order valence-electron chi connectivity index (χ4n) is 7.48. The standard InChI is InChI=1S/C41H33NO3S2/c1-2-3-4-5-6-7-21-42-40(44)38-36(31-13-9-22-46-31)34-29-12-8-11-28-27(26-17-15-25(24-43)16-18-26)19-20-30(33(28)29)35(34)37(39(38)41(42)45)32-14-10-23-47-32/h8-20,22-24H,2-7,21H2,1H3. The van der Waals surface area contributed by atoms with Gasteiger partial charge in [-0.05, 0) is 62.3 Å². The van der Waals surface area contributed by atoms with E-state index in [1.807, 2.05) is 47.2 Å². The molecule has 4 nitrogen and oxygen atoms in total. The molecule has 8 rings (SSSR count). The first-order valence-electron chi connectivity index (χ1n) is 16.4. The summed E-state index contributed by atoms with van der Waals surface area (Å²) in [7, 11) is 0. The van der Waals surface area contributed by atoms with E-state index in [0.717, 1.165) is 90.6 Å². The van der Waals surface area contributed by atoms with Crippen molar-refractivity contribution in [2.24, 2.45) is 0 Å². The third kappa shape index (κ3) is 4.73. The van der Waals surface area contributed by atoms with Gasteiger partial charge in [-0.1, -0.05) is 106 Å². The van der Waals surface area contributed by atoms with E-state index in [2.05, 4.69) is 49.4 Å². The smallest absolute Gasteiger partial charge is 0.262 e. The molecule has 232 valence electrons. The van der Waals surface area contributed by atoms with Crippen molar-refractivity contribution < 1.29 is 14.4 Å². The number of carbonyl (C=O) groups excluding carboxylic acids is 3. The number of carbonyl (C=O) groups is 3. The van der Waals surface area contributed by atoms with E-state index >= 15 is 0 Å². The van der Waals surface area contributed by atoms with E-state index in [0.29, 0.717) is 23.2 Å². The van der Waals surface area contributed by atoms with Gasteiger partial charge in [-0.15, -0.1) is 22.7 Å². The second kappa shape index (κ2) is 12.2. The summed E-state index contributed by atoms with van der Waals surface area (Å²) in [6.07, 6.45) is 7.40. The van der Waals surface area contributed by atoms with Gasteiger partial charge in [-0.3, -0.25) is 19.3 Å². The summed E-state index contributed by atoms with van der Waals surface area (Å²) in [4.78, 5) is 43.9. The third-order valence-corrected chi connectivity index (χ3v) is 11.4. The molecule has 0 atom stereocenters. The Balaban J connectivity index is 1.37. The van der Waals surface area contributed by atoms with Crippen LogP contribution >= 0.6 is 22.7 Å². The third-order valence-electron chi connectivity index (χ3n) is 9.63. The van der Waals surface area contributed by atoms with Crippen LogP contribution in [0.1, 0.15) is 76.5 Å². The molecule has 1 aliphatic carbocycles. The minimum absolute atomic E-state index is 0.179. The largest absolute Gasteiger partial charge is 0.298 e. The molecule has 6 heteroatoms. The SMILES string of the molecule is CCCCCCCCN1C(=O)c2c(c(-c3cccs3)c3c(c2-c2cccs2)-c2cccc4c(-c5ccc(C=O)cc5)ccc-3c24)C1=O. The molecule has 0 radical (unpaired) electrons. The van der Waals surface area contributed by atoms with Gasteiger partial charge in [-0.25, -0.2) is 0 Å². The zero-order valence-corrected chi connectivity index (χ0v) is 27.8. The fraction of sp³-hybridized carbons (Fsp3) is 0.195. The van der Waals surface area contributed by atoms with E-state index in [1.165, 1.54) is 24.2 Å². The molecule has 0 saturated carbocycles. The topological polar surface area (TPSA) is 54.5 Å². The van der Waals surface area contributed by atoms with Crippen molar-refractivity contribution in [1.82, 2.24) is 4.90 Å². The van der Waals surface area contributed by atoms with Gasteiger partial charge < -0.3 is 0 Å². The zero-order valence-electron chi connectivity index (χ0n) is 26.2. The van der Waals surface area contributed by atoms with Gasteiger partial charge >= 0.3 is 0 Å². The monoisotopic (exact) mass is 651 g/mol. The van der Waals surface area contributed by atoms with Gasteiger partial charge in [0, 0.05) is 44.1 Å². The molecule has 47 heavy (non-hydrogen) atoms. The van der Waals surface area contributed by atoms with Crippen molar-refractivity contribution in [3.63, 3.8) is 0 Å². The van der Waals surface area contributed by atoms with Crippen LogP contribution in [0.5, 0.6) is 0 Å². The molecule has 4 aromatic carbocycles. The normalized spacial score (nSPS) is 13.1. The lowest BCUT2D eigenvalue weighted by Gasteiger charge is -2.18. The number of imide groups is 1. The molecule has 2 aromatic heterocycles. The second-order valence-electron chi connectivity index (χ2n) is 12.4. The van der Waals surface area contributed by atoms with E-state index in [-0.39, 0.29) is 11.8 Å². The van der Waals surface area contributed by atoms with Crippen LogP contribution in [0, 0.1) is 0 Å². The Bertz CT molecular complexity index is 2090. The van der Waals surface area contributed by atoms with Crippen molar-refractivity contribution >= 4 is 51.5 Å². The van der Waals surface area contributed by atoms with Crippen LogP contribution in [-0.2, 0) is 0 Å². The number of rotatable bonds is 11. The highest BCUT2D eigenvalue weighted by Gasteiger charge is 2.44. The molecule has 0 N–H and O–H groups in total. The van der Waals surface area contributed by atoms with Crippen molar-refractivity contribution in [3.05, 3.63) is 106 Å². The maximum atomic E-state index is 14.5. The molecule has 1 aliphatic heterocycles. The Hall–Kier alpha value is -4.65. The summed E-state index contributed by atoms with van der Waals surface area (Å²) in [5, 5.41) is 6.32. The number of amides is 2. The van der Waals surface area contributed by atoms with Crippen LogP contribution in [0.3, 0.4) is 0 Å². The van der Waals surface area contributed by atoms with Crippen molar-refractivity contribution in [3.8, 4) is 54.3 Å². The van der Waals surface area contributed by atoms with E-state index < -0.39 is 0 Å². The van der Waals surface area contributed by atoms with E-state index in [9.17, 15) is 14.4 Å². The minimum atomic E-state index is -0.179. The number of aldehydes is 1. The second-order valence-corrected chi connectivity index (χ2v) is 14.3. The summed E-state index contributed by atoms with van der Waals surface area (Å²) >= 11 is 3.22. The Kier molecular flexibility index (Phi) is 7.70. The number of hydrogen-bond donors (Lipinski definition) is 0. The average Bonchev–Trinajstić information content (AvgIpc) is 3.92.